The van der Waals surface area contributed by atoms with Gasteiger partial charge in [-0.2, -0.15) is 0 Å². The van der Waals surface area contributed by atoms with Gasteiger partial charge >= 0.3 is 0 Å². The van der Waals surface area contributed by atoms with Crippen LogP contribution in [0.5, 0.6) is 0 Å². The second-order valence-corrected chi connectivity index (χ2v) is 8.73. The molecule has 0 bridgehead atoms. The minimum absolute atomic E-state index is 0.317. The number of nitrogens with one attached hydrogen (secondary N) is 1. The fraction of sp³-hybridized carbons (Fsp3) is 0.429. The van der Waals surface area contributed by atoms with E-state index >= 15 is 0 Å². The second-order valence-electron chi connectivity index (χ2n) is 4.50. The van der Waals surface area contributed by atoms with E-state index in [1.54, 1.807) is 34.9 Å². The van der Waals surface area contributed by atoms with Gasteiger partial charge in [0.15, 0.2) is 8.68 Å². The van der Waals surface area contributed by atoms with Crippen LogP contribution in [0, 0.1) is 0 Å². The first-order valence-electron chi connectivity index (χ1n) is 6.72. The molecule has 2 rings (SSSR count). The first-order chi connectivity index (χ1) is 10.1. The molecule has 114 valence electrons. The summed E-state index contributed by atoms with van der Waals surface area (Å²) in [5.74, 6) is 0. The predicted molar refractivity (Wildman–Crippen MR) is 96.7 cm³/mol. The average Bonchev–Trinajstić information content (AvgIpc) is 2.94. The molecular weight excluding hydrogens is 386 g/mol. The van der Waals surface area contributed by atoms with Gasteiger partial charge in [0.1, 0.15) is 0 Å². The molecule has 7 heteroatoms. The summed E-state index contributed by atoms with van der Waals surface area (Å²) in [6, 6.07) is 6.73. The first kappa shape index (κ1) is 17.3. The standard InChI is InChI=1S/C14H18BrN3S3/c1-4-7-16-9(2)11-8-10(15)5-6-12(11)20-14-18-17-13(19-3)21-14/h5-6,8-9,16H,4,7H2,1-3H3. The molecule has 0 aliphatic rings. The Morgan fingerprint density at radius 2 is 2.10 bits per heavy atom. The fourth-order valence-corrected chi connectivity index (χ4v) is 4.81. The van der Waals surface area contributed by atoms with Crippen LogP contribution in [0.3, 0.4) is 0 Å². The molecule has 3 nitrogen and oxygen atoms in total. The largest absolute Gasteiger partial charge is 0.310 e. The minimum atomic E-state index is 0.317. The van der Waals surface area contributed by atoms with Crippen LogP contribution in [0.4, 0.5) is 0 Å². The number of nitrogens with zero attached hydrogens (tertiary/aromatic N) is 2. The molecule has 1 aromatic heterocycles. The molecule has 0 fully saturated rings. The van der Waals surface area contributed by atoms with Gasteiger partial charge in [0.25, 0.3) is 0 Å². The van der Waals surface area contributed by atoms with E-state index in [0.29, 0.717) is 6.04 Å². The van der Waals surface area contributed by atoms with Crippen molar-refractivity contribution < 1.29 is 0 Å². The van der Waals surface area contributed by atoms with Crippen molar-refractivity contribution in [3.8, 4) is 0 Å². The van der Waals surface area contributed by atoms with E-state index in [1.807, 2.05) is 6.26 Å². The first-order valence-corrected chi connectivity index (χ1v) is 10.4. The summed E-state index contributed by atoms with van der Waals surface area (Å²) in [4.78, 5) is 1.23. The normalized spacial score (nSPS) is 12.6. The van der Waals surface area contributed by atoms with Gasteiger partial charge in [-0.1, -0.05) is 57.7 Å². The molecule has 0 aliphatic carbocycles. The van der Waals surface area contributed by atoms with E-state index in [9.17, 15) is 0 Å². The lowest BCUT2D eigenvalue weighted by Crippen LogP contribution is -2.19. The van der Waals surface area contributed by atoms with Crippen molar-refractivity contribution in [2.75, 3.05) is 12.8 Å². The number of rotatable bonds is 7. The number of halogens is 1. The highest BCUT2D eigenvalue weighted by atomic mass is 79.9. The van der Waals surface area contributed by atoms with E-state index < -0.39 is 0 Å². The Morgan fingerprint density at radius 3 is 2.76 bits per heavy atom. The molecule has 0 saturated heterocycles. The predicted octanol–water partition coefficient (Wildman–Crippen LogP) is 5.23. The number of hydrogen-bond acceptors (Lipinski definition) is 6. The van der Waals surface area contributed by atoms with Gasteiger partial charge in [-0.15, -0.1) is 10.2 Å². The minimum Gasteiger partial charge on any atom is -0.310 e. The molecule has 2 aromatic rings. The maximum Gasteiger partial charge on any atom is 0.179 e. The third-order valence-electron chi connectivity index (χ3n) is 2.90. The number of hydrogen-bond donors (Lipinski definition) is 1. The lowest BCUT2D eigenvalue weighted by Gasteiger charge is -2.17. The van der Waals surface area contributed by atoms with Crippen molar-refractivity contribution in [2.45, 2.75) is 39.9 Å². The Bertz CT molecular complexity index is 589. The highest BCUT2D eigenvalue weighted by Crippen LogP contribution is 2.37. The molecule has 1 N–H and O–H groups in total. The van der Waals surface area contributed by atoms with Crippen LogP contribution in [-0.2, 0) is 0 Å². The molecule has 21 heavy (non-hydrogen) atoms. The van der Waals surface area contributed by atoms with E-state index in [1.165, 1.54) is 10.5 Å². The number of benzene rings is 1. The highest BCUT2D eigenvalue weighted by molar-refractivity contribution is 9.10. The zero-order valence-electron chi connectivity index (χ0n) is 12.2. The Hall–Kier alpha value is -0.0800. The van der Waals surface area contributed by atoms with E-state index in [0.717, 1.165) is 26.1 Å². The SMILES string of the molecule is CCCNC(C)c1cc(Br)ccc1Sc1nnc(SC)s1. The van der Waals surface area contributed by atoms with Gasteiger partial charge in [0.2, 0.25) is 0 Å². The van der Waals surface area contributed by atoms with Gasteiger partial charge < -0.3 is 5.32 Å². The lowest BCUT2D eigenvalue weighted by atomic mass is 10.1. The smallest absolute Gasteiger partial charge is 0.179 e. The summed E-state index contributed by atoms with van der Waals surface area (Å²) in [6.07, 6.45) is 3.16. The van der Waals surface area contributed by atoms with E-state index in [-0.39, 0.29) is 0 Å². The molecule has 0 amide bonds. The molecule has 0 aliphatic heterocycles. The Morgan fingerprint density at radius 1 is 1.33 bits per heavy atom. The molecular formula is C14H18BrN3S3. The quantitative estimate of drug-likeness (QED) is 0.640. The lowest BCUT2D eigenvalue weighted by molar-refractivity contribution is 0.563. The van der Waals surface area contributed by atoms with Crippen LogP contribution in [0.25, 0.3) is 0 Å². The maximum absolute atomic E-state index is 4.25. The monoisotopic (exact) mass is 403 g/mol. The fourth-order valence-electron chi connectivity index (χ4n) is 1.84. The topological polar surface area (TPSA) is 37.8 Å². The van der Waals surface area contributed by atoms with E-state index in [4.69, 9.17) is 0 Å². The van der Waals surface area contributed by atoms with Crippen molar-refractivity contribution >= 4 is 50.8 Å². The Kier molecular flexibility index (Phi) is 7.01. The number of thioether (sulfide) groups is 1. The summed E-state index contributed by atoms with van der Waals surface area (Å²) >= 11 is 8.54. The highest BCUT2D eigenvalue weighted by Gasteiger charge is 2.14. The third kappa shape index (κ3) is 4.96. The van der Waals surface area contributed by atoms with Gasteiger partial charge in [0, 0.05) is 15.4 Å². The van der Waals surface area contributed by atoms with Crippen molar-refractivity contribution in [1.82, 2.24) is 15.5 Å². The molecule has 1 aromatic carbocycles. The number of aromatic nitrogens is 2. The zero-order valence-corrected chi connectivity index (χ0v) is 16.3. The van der Waals surface area contributed by atoms with E-state index in [2.05, 4.69) is 63.5 Å². The Labute approximate surface area is 146 Å². The van der Waals surface area contributed by atoms with Crippen LogP contribution in [0.15, 0.2) is 36.2 Å². The average molecular weight is 404 g/mol. The molecule has 0 spiro atoms. The molecule has 0 saturated carbocycles. The summed E-state index contributed by atoms with van der Waals surface area (Å²) in [5.41, 5.74) is 1.30. The van der Waals surface area contributed by atoms with Gasteiger partial charge in [-0.3, -0.25) is 0 Å². The van der Waals surface area contributed by atoms with Gasteiger partial charge in [-0.05, 0) is 49.9 Å². The van der Waals surface area contributed by atoms with Crippen LogP contribution < -0.4 is 5.32 Å². The zero-order chi connectivity index (χ0) is 15.2. The van der Waals surface area contributed by atoms with Crippen LogP contribution in [0.2, 0.25) is 0 Å². The van der Waals surface area contributed by atoms with Crippen molar-refractivity contribution in [1.29, 1.82) is 0 Å². The molecule has 0 radical (unpaired) electrons. The third-order valence-corrected chi connectivity index (χ3v) is 6.43. The molecule has 1 unspecified atom stereocenters. The van der Waals surface area contributed by atoms with Crippen molar-refractivity contribution in [3.63, 3.8) is 0 Å². The van der Waals surface area contributed by atoms with Crippen LogP contribution >= 0.6 is 50.8 Å². The van der Waals surface area contributed by atoms with Crippen LogP contribution in [-0.4, -0.2) is 23.0 Å². The maximum atomic E-state index is 4.25. The van der Waals surface area contributed by atoms with Gasteiger partial charge in [-0.25, -0.2) is 0 Å². The van der Waals surface area contributed by atoms with Crippen molar-refractivity contribution in [3.05, 3.63) is 28.2 Å². The summed E-state index contributed by atoms with van der Waals surface area (Å²) < 4.78 is 3.10. The Balaban J connectivity index is 2.21. The second kappa shape index (κ2) is 8.53. The summed E-state index contributed by atoms with van der Waals surface area (Å²) in [7, 11) is 0. The molecule has 1 heterocycles. The van der Waals surface area contributed by atoms with Crippen molar-refractivity contribution in [2.24, 2.45) is 0 Å². The van der Waals surface area contributed by atoms with Crippen LogP contribution in [0.1, 0.15) is 31.9 Å². The summed E-state index contributed by atoms with van der Waals surface area (Å²) in [6.45, 7) is 5.41. The summed E-state index contributed by atoms with van der Waals surface area (Å²) in [5, 5.41) is 12.0. The van der Waals surface area contributed by atoms with Gasteiger partial charge in [0.05, 0.1) is 0 Å². The molecule has 1 atom stereocenters.